The van der Waals surface area contributed by atoms with Gasteiger partial charge in [0.2, 0.25) is 0 Å². The molecule has 1 saturated carbocycles. The Morgan fingerprint density at radius 1 is 1.09 bits per heavy atom. The van der Waals surface area contributed by atoms with E-state index in [0.717, 1.165) is 36.8 Å². The predicted octanol–water partition coefficient (Wildman–Crippen LogP) is 4.62. The van der Waals surface area contributed by atoms with Crippen LogP contribution in [0.3, 0.4) is 0 Å². The minimum atomic E-state index is -0.717. The van der Waals surface area contributed by atoms with Crippen LogP contribution in [-0.2, 0) is 9.53 Å². The minimum absolute atomic E-state index is 0.00780. The molecule has 4 rings (SSSR count). The number of fused-ring (bicyclic) bond motifs is 1. The minimum Gasteiger partial charge on any atom is -0.493 e. The molecule has 1 heterocycles. The standard InChI is InChI=1S/C25H28N2O5/c1-29-23-15-19-21(27-13-11-22(19)31-17-7-3-2-4-8-17)16-24(23)30-14-12-20(26)25(28)32-18-9-5-6-10-18/h2-4,7-8,11,13,15-16,18,20H,5-6,9-10,12,14,26H2,1H3. The van der Waals surface area contributed by atoms with E-state index < -0.39 is 6.04 Å². The average molecular weight is 437 g/mol. The molecule has 2 N–H and O–H groups in total. The molecule has 0 aliphatic heterocycles. The number of benzene rings is 2. The van der Waals surface area contributed by atoms with Gasteiger partial charge in [0.25, 0.3) is 0 Å². The van der Waals surface area contributed by atoms with Crippen LogP contribution in [0.1, 0.15) is 32.1 Å². The first-order chi connectivity index (χ1) is 15.6. The SMILES string of the molecule is COc1cc2c(Oc3ccccc3)ccnc2cc1OCCC(N)C(=O)OC1CCCC1. The second kappa shape index (κ2) is 10.3. The van der Waals surface area contributed by atoms with Crippen molar-refractivity contribution in [1.29, 1.82) is 0 Å². The smallest absolute Gasteiger partial charge is 0.323 e. The molecule has 1 unspecified atom stereocenters. The Kier molecular flexibility index (Phi) is 7.07. The van der Waals surface area contributed by atoms with Crippen LogP contribution in [0.25, 0.3) is 10.9 Å². The highest BCUT2D eigenvalue weighted by molar-refractivity contribution is 5.88. The van der Waals surface area contributed by atoms with Gasteiger partial charge in [0.1, 0.15) is 23.6 Å². The maximum absolute atomic E-state index is 12.2. The van der Waals surface area contributed by atoms with Crippen molar-refractivity contribution in [1.82, 2.24) is 4.98 Å². The number of hydrogen-bond donors (Lipinski definition) is 1. The molecule has 1 aliphatic rings. The number of rotatable bonds is 9. The van der Waals surface area contributed by atoms with Crippen molar-refractivity contribution in [2.75, 3.05) is 13.7 Å². The fraction of sp³-hybridized carbons (Fsp3) is 0.360. The molecular weight excluding hydrogens is 408 g/mol. The Morgan fingerprint density at radius 2 is 1.88 bits per heavy atom. The van der Waals surface area contributed by atoms with Crippen LogP contribution < -0.4 is 19.9 Å². The van der Waals surface area contributed by atoms with Crippen LogP contribution in [0.2, 0.25) is 0 Å². The summed E-state index contributed by atoms with van der Waals surface area (Å²) in [5.41, 5.74) is 6.71. The third-order valence-corrected chi connectivity index (χ3v) is 5.53. The van der Waals surface area contributed by atoms with Crippen molar-refractivity contribution in [3.63, 3.8) is 0 Å². The van der Waals surface area contributed by atoms with Crippen molar-refractivity contribution in [3.8, 4) is 23.0 Å². The quantitative estimate of drug-likeness (QED) is 0.489. The Balaban J connectivity index is 1.43. The van der Waals surface area contributed by atoms with Gasteiger partial charge in [0.05, 0.1) is 19.2 Å². The molecule has 1 fully saturated rings. The molecule has 32 heavy (non-hydrogen) atoms. The summed E-state index contributed by atoms with van der Waals surface area (Å²) in [7, 11) is 1.58. The molecule has 3 aromatic rings. The molecule has 0 bridgehead atoms. The van der Waals surface area contributed by atoms with E-state index in [1.807, 2.05) is 42.5 Å². The number of carbonyl (C=O) groups is 1. The number of hydrogen-bond acceptors (Lipinski definition) is 7. The number of nitrogens with zero attached hydrogens (tertiary/aromatic N) is 1. The van der Waals surface area contributed by atoms with Gasteiger partial charge in [-0.15, -0.1) is 0 Å². The van der Waals surface area contributed by atoms with Crippen LogP contribution in [-0.4, -0.2) is 36.8 Å². The lowest BCUT2D eigenvalue weighted by Gasteiger charge is -2.17. The van der Waals surface area contributed by atoms with Crippen LogP contribution in [0.4, 0.5) is 0 Å². The van der Waals surface area contributed by atoms with E-state index in [1.165, 1.54) is 0 Å². The molecule has 2 aromatic carbocycles. The molecular formula is C25H28N2O5. The Hall–Kier alpha value is -3.32. The second-order valence-corrected chi connectivity index (χ2v) is 7.83. The van der Waals surface area contributed by atoms with Gasteiger partial charge < -0.3 is 24.7 Å². The van der Waals surface area contributed by atoms with Crippen molar-refractivity contribution in [2.45, 2.75) is 44.2 Å². The lowest BCUT2D eigenvalue weighted by molar-refractivity contribution is -0.150. The number of ether oxygens (including phenoxy) is 4. The Bertz CT molecular complexity index is 1050. The van der Waals surface area contributed by atoms with Gasteiger partial charge in [0.15, 0.2) is 11.5 Å². The van der Waals surface area contributed by atoms with Gasteiger partial charge in [-0.1, -0.05) is 18.2 Å². The maximum Gasteiger partial charge on any atom is 0.323 e. The highest BCUT2D eigenvalue weighted by atomic mass is 16.5. The number of carbonyl (C=O) groups excluding carboxylic acids is 1. The van der Waals surface area contributed by atoms with Crippen molar-refractivity contribution in [2.24, 2.45) is 5.73 Å². The third-order valence-electron chi connectivity index (χ3n) is 5.53. The Morgan fingerprint density at radius 3 is 2.62 bits per heavy atom. The average Bonchev–Trinajstić information content (AvgIpc) is 3.32. The summed E-state index contributed by atoms with van der Waals surface area (Å²) >= 11 is 0. The molecule has 0 saturated heterocycles. The van der Waals surface area contributed by atoms with E-state index >= 15 is 0 Å². The number of esters is 1. The lowest BCUT2D eigenvalue weighted by atomic mass is 10.1. The van der Waals surface area contributed by atoms with Crippen LogP contribution in [0, 0.1) is 0 Å². The van der Waals surface area contributed by atoms with Crippen LogP contribution >= 0.6 is 0 Å². The lowest BCUT2D eigenvalue weighted by Crippen LogP contribution is -2.35. The first-order valence-corrected chi connectivity index (χ1v) is 10.9. The largest absolute Gasteiger partial charge is 0.493 e. The van der Waals surface area contributed by atoms with E-state index in [2.05, 4.69) is 4.98 Å². The zero-order valence-electron chi connectivity index (χ0n) is 18.2. The number of para-hydroxylation sites is 1. The summed E-state index contributed by atoms with van der Waals surface area (Å²) in [6, 6.07) is 14.3. The van der Waals surface area contributed by atoms with E-state index in [-0.39, 0.29) is 18.7 Å². The summed E-state index contributed by atoms with van der Waals surface area (Å²) in [5.74, 6) is 2.11. The summed E-state index contributed by atoms with van der Waals surface area (Å²) in [6.07, 6.45) is 6.09. The number of methoxy groups -OCH3 is 1. The van der Waals surface area contributed by atoms with E-state index in [0.29, 0.717) is 29.2 Å². The highest BCUT2D eigenvalue weighted by Crippen LogP contribution is 2.37. The van der Waals surface area contributed by atoms with Crippen molar-refractivity contribution >= 4 is 16.9 Å². The van der Waals surface area contributed by atoms with E-state index in [1.54, 1.807) is 19.4 Å². The van der Waals surface area contributed by atoms with Gasteiger partial charge in [-0.25, -0.2) is 0 Å². The summed E-state index contributed by atoms with van der Waals surface area (Å²) < 4.78 is 22.9. The predicted molar refractivity (Wildman–Crippen MR) is 121 cm³/mol. The summed E-state index contributed by atoms with van der Waals surface area (Å²) in [5, 5.41) is 0.803. The maximum atomic E-state index is 12.2. The van der Waals surface area contributed by atoms with Crippen molar-refractivity contribution in [3.05, 3.63) is 54.7 Å². The first kappa shape index (κ1) is 21.9. The van der Waals surface area contributed by atoms with Crippen LogP contribution in [0.5, 0.6) is 23.0 Å². The highest BCUT2D eigenvalue weighted by Gasteiger charge is 2.23. The molecule has 1 aliphatic carbocycles. The van der Waals surface area contributed by atoms with Crippen molar-refractivity contribution < 1.29 is 23.7 Å². The monoisotopic (exact) mass is 436 g/mol. The third kappa shape index (κ3) is 5.29. The number of aromatic nitrogens is 1. The molecule has 7 nitrogen and oxygen atoms in total. The van der Waals surface area contributed by atoms with E-state index in [9.17, 15) is 4.79 Å². The normalized spacial score (nSPS) is 14.8. The summed E-state index contributed by atoms with van der Waals surface area (Å²) in [6.45, 7) is 0.253. The van der Waals surface area contributed by atoms with Gasteiger partial charge >= 0.3 is 5.97 Å². The first-order valence-electron chi connectivity index (χ1n) is 10.9. The number of nitrogens with two attached hydrogens (primary N) is 1. The molecule has 0 amide bonds. The van der Waals surface area contributed by atoms with E-state index in [4.69, 9.17) is 24.7 Å². The molecule has 0 spiro atoms. The van der Waals surface area contributed by atoms with Gasteiger partial charge in [-0.2, -0.15) is 0 Å². The zero-order valence-corrected chi connectivity index (χ0v) is 18.2. The molecule has 1 atom stereocenters. The topological polar surface area (TPSA) is 92.9 Å². The molecule has 0 radical (unpaired) electrons. The zero-order chi connectivity index (χ0) is 22.3. The molecule has 7 heteroatoms. The van der Waals surface area contributed by atoms with Crippen LogP contribution in [0.15, 0.2) is 54.7 Å². The summed E-state index contributed by atoms with van der Waals surface area (Å²) in [4.78, 5) is 16.6. The van der Waals surface area contributed by atoms with Gasteiger partial charge in [0, 0.05) is 24.1 Å². The molecule has 168 valence electrons. The fourth-order valence-corrected chi connectivity index (χ4v) is 3.78. The van der Waals surface area contributed by atoms with Gasteiger partial charge in [-0.3, -0.25) is 9.78 Å². The fourth-order valence-electron chi connectivity index (χ4n) is 3.78. The molecule has 1 aromatic heterocycles. The Labute approximate surface area is 187 Å². The second-order valence-electron chi connectivity index (χ2n) is 7.83. The van der Waals surface area contributed by atoms with Gasteiger partial charge in [-0.05, 0) is 49.9 Å². The number of pyridine rings is 1.